The summed E-state index contributed by atoms with van der Waals surface area (Å²) in [4.78, 5) is 27.7. The summed E-state index contributed by atoms with van der Waals surface area (Å²) < 4.78 is 32.6. The molecule has 1 aliphatic rings. The van der Waals surface area contributed by atoms with Crippen LogP contribution in [0.3, 0.4) is 0 Å². The number of benzene rings is 2. The fraction of sp³-hybridized carbons (Fsp3) is 0.440. The van der Waals surface area contributed by atoms with Gasteiger partial charge in [0.05, 0.1) is 0 Å². The average molecular weight is 445 g/mol. The van der Waals surface area contributed by atoms with Gasteiger partial charge in [-0.2, -0.15) is 0 Å². The van der Waals surface area contributed by atoms with Crippen LogP contribution in [0.15, 0.2) is 48.5 Å². The number of carbonyl (C=O) groups is 2. The standard InChI is InChI=1S/C25H30F2N2O3/c1-2-22(25(31)28-20-8-4-3-5-9-20)29(16-18-12-14-19(26)15-13-18)24(30)17-32-23-11-7-6-10-21(23)27/h6-7,10-15,20,22H,2-5,8-9,16-17H2,1H3,(H,28,31)/t22-/m0/s1. The quantitative estimate of drug-likeness (QED) is 0.615. The highest BCUT2D eigenvalue weighted by molar-refractivity contribution is 5.88. The molecular weight excluding hydrogens is 414 g/mol. The lowest BCUT2D eigenvalue weighted by Gasteiger charge is -2.32. The van der Waals surface area contributed by atoms with Gasteiger partial charge in [0.25, 0.3) is 5.91 Å². The lowest BCUT2D eigenvalue weighted by Crippen LogP contribution is -2.52. The Bertz CT molecular complexity index is 898. The summed E-state index contributed by atoms with van der Waals surface area (Å²) in [7, 11) is 0. The highest BCUT2D eigenvalue weighted by atomic mass is 19.1. The first-order valence-electron chi connectivity index (χ1n) is 11.2. The molecule has 0 aliphatic heterocycles. The maximum atomic E-state index is 13.9. The average Bonchev–Trinajstić information content (AvgIpc) is 2.80. The predicted molar refractivity (Wildman–Crippen MR) is 118 cm³/mol. The van der Waals surface area contributed by atoms with Gasteiger partial charge in [-0.05, 0) is 49.1 Å². The van der Waals surface area contributed by atoms with Gasteiger partial charge in [-0.25, -0.2) is 8.78 Å². The minimum absolute atomic E-state index is 0.0257. The molecule has 2 aromatic rings. The van der Waals surface area contributed by atoms with E-state index in [2.05, 4.69) is 5.32 Å². The first-order valence-corrected chi connectivity index (χ1v) is 11.2. The molecule has 172 valence electrons. The van der Waals surface area contributed by atoms with Crippen molar-refractivity contribution < 1.29 is 23.1 Å². The van der Waals surface area contributed by atoms with E-state index in [1.807, 2.05) is 6.92 Å². The molecule has 0 radical (unpaired) electrons. The molecule has 2 aromatic carbocycles. The van der Waals surface area contributed by atoms with Gasteiger partial charge in [0.1, 0.15) is 11.9 Å². The van der Waals surface area contributed by atoms with Gasteiger partial charge in [0.2, 0.25) is 5.91 Å². The monoisotopic (exact) mass is 444 g/mol. The molecule has 0 aromatic heterocycles. The first kappa shape index (κ1) is 23.7. The molecule has 1 fully saturated rings. The molecule has 1 N–H and O–H groups in total. The smallest absolute Gasteiger partial charge is 0.261 e. The Morgan fingerprint density at radius 3 is 2.41 bits per heavy atom. The fourth-order valence-corrected chi connectivity index (χ4v) is 4.03. The van der Waals surface area contributed by atoms with Crippen molar-refractivity contribution in [1.82, 2.24) is 10.2 Å². The van der Waals surface area contributed by atoms with Gasteiger partial charge in [-0.15, -0.1) is 0 Å². The number of amides is 2. The number of carbonyl (C=O) groups excluding carboxylic acids is 2. The molecule has 7 heteroatoms. The Kier molecular flexibility index (Phi) is 8.59. The summed E-state index contributed by atoms with van der Waals surface area (Å²) in [5.41, 5.74) is 0.689. The number of para-hydroxylation sites is 1. The second-order valence-electron chi connectivity index (χ2n) is 8.13. The van der Waals surface area contributed by atoms with Gasteiger partial charge in [-0.1, -0.05) is 50.5 Å². The van der Waals surface area contributed by atoms with Crippen molar-refractivity contribution in [3.05, 3.63) is 65.7 Å². The Balaban J connectivity index is 1.75. The third-order valence-corrected chi connectivity index (χ3v) is 5.79. The van der Waals surface area contributed by atoms with Crippen molar-refractivity contribution in [3.63, 3.8) is 0 Å². The van der Waals surface area contributed by atoms with E-state index in [1.165, 1.54) is 41.7 Å². The van der Waals surface area contributed by atoms with Crippen LogP contribution in [0.4, 0.5) is 8.78 Å². The van der Waals surface area contributed by atoms with E-state index in [0.29, 0.717) is 12.0 Å². The van der Waals surface area contributed by atoms with Crippen molar-refractivity contribution in [2.24, 2.45) is 0 Å². The molecule has 32 heavy (non-hydrogen) atoms. The van der Waals surface area contributed by atoms with E-state index in [1.54, 1.807) is 18.2 Å². The van der Waals surface area contributed by atoms with Gasteiger partial charge in [0, 0.05) is 12.6 Å². The number of ether oxygens (including phenoxy) is 1. The van der Waals surface area contributed by atoms with E-state index in [0.717, 1.165) is 25.7 Å². The molecule has 2 amide bonds. The molecule has 1 atom stereocenters. The Morgan fingerprint density at radius 2 is 1.75 bits per heavy atom. The lowest BCUT2D eigenvalue weighted by molar-refractivity contribution is -0.143. The van der Waals surface area contributed by atoms with Crippen molar-refractivity contribution in [2.75, 3.05) is 6.61 Å². The topological polar surface area (TPSA) is 58.6 Å². The summed E-state index contributed by atoms with van der Waals surface area (Å²) in [5.74, 6) is -1.62. The minimum Gasteiger partial charge on any atom is -0.481 e. The van der Waals surface area contributed by atoms with Crippen molar-refractivity contribution in [1.29, 1.82) is 0 Å². The SMILES string of the molecule is CC[C@@H](C(=O)NC1CCCCC1)N(Cc1ccc(F)cc1)C(=O)COc1ccccc1F. The van der Waals surface area contributed by atoms with E-state index in [9.17, 15) is 18.4 Å². The summed E-state index contributed by atoms with van der Waals surface area (Å²) >= 11 is 0. The number of hydrogen-bond donors (Lipinski definition) is 1. The molecule has 1 aliphatic carbocycles. The van der Waals surface area contributed by atoms with Gasteiger partial charge in [0.15, 0.2) is 18.2 Å². The summed E-state index contributed by atoms with van der Waals surface area (Å²) in [6, 6.07) is 11.1. The van der Waals surface area contributed by atoms with Crippen LogP contribution in [-0.4, -0.2) is 35.4 Å². The predicted octanol–water partition coefficient (Wildman–Crippen LogP) is 4.60. The molecule has 0 bridgehead atoms. The fourth-order valence-electron chi connectivity index (χ4n) is 4.03. The second kappa shape index (κ2) is 11.6. The first-order chi connectivity index (χ1) is 15.5. The maximum Gasteiger partial charge on any atom is 0.261 e. The molecule has 0 saturated heterocycles. The van der Waals surface area contributed by atoms with Gasteiger partial charge < -0.3 is 15.0 Å². The number of rotatable bonds is 9. The van der Waals surface area contributed by atoms with Crippen LogP contribution in [-0.2, 0) is 16.1 Å². The normalized spacial score (nSPS) is 15.1. The third-order valence-electron chi connectivity index (χ3n) is 5.79. The van der Waals surface area contributed by atoms with E-state index in [4.69, 9.17) is 4.74 Å². The zero-order valence-electron chi connectivity index (χ0n) is 18.4. The zero-order chi connectivity index (χ0) is 22.9. The summed E-state index contributed by atoms with van der Waals surface area (Å²) in [5, 5.41) is 3.09. The van der Waals surface area contributed by atoms with Crippen LogP contribution in [0.2, 0.25) is 0 Å². The van der Waals surface area contributed by atoms with Crippen LogP contribution in [0.1, 0.15) is 51.0 Å². The molecule has 0 heterocycles. The Hall–Kier alpha value is -2.96. The summed E-state index contributed by atoms with van der Waals surface area (Å²) in [6.45, 7) is 1.56. The summed E-state index contributed by atoms with van der Waals surface area (Å²) in [6.07, 6.45) is 5.61. The van der Waals surface area contributed by atoms with Crippen molar-refractivity contribution in [3.8, 4) is 5.75 Å². The lowest BCUT2D eigenvalue weighted by atomic mass is 9.95. The molecule has 5 nitrogen and oxygen atoms in total. The number of hydrogen-bond acceptors (Lipinski definition) is 3. The molecule has 3 rings (SSSR count). The van der Waals surface area contributed by atoms with Gasteiger partial charge >= 0.3 is 0 Å². The molecule has 1 saturated carbocycles. The van der Waals surface area contributed by atoms with Crippen LogP contribution in [0, 0.1) is 11.6 Å². The maximum absolute atomic E-state index is 13.9. The Labute approximate surface area is 187 Å². The van der Waals surface area contributed by atoms with Crippen LogP contribution < -0.4 is 10.1 Å². The van der Waals surface area contributed by atoms with Crippen LogP contribution in [0.25, 0.3) is 0 Å². The Morgan fingerprint density at radius 1 is 1.06 bits per heavy atom. The van der Waals surface area contributed by atoms with Crippen LogP contribution in [0.5, 0.6) is 5.75 Å². The zero-order valence-corrected chi connectivity index (χ0v) is 18.4. The molecule has 0 spiro atoms. The van der Waals surface area contributed by atoms with E-state index in [-0.39, 0.29) is 30.1 Å². The third kappa shape index (κ3) is 6.52. The van der Waals surface area contributed by atoms with Crippen LogP contribution >= 0.6 is 0 Å². The largest absolute Gasteiger partial charge is 0.481 e. The van der Waals surface area contributed by atoms with Crippen molar-refractivity contribution >= 4 is 11.8 Å². The second-order valence-corrected chi connectivity index (χ2v) is 8.13. The van der Waals surface area contributed by atoms with Crippen molar-refractivity contribution in [2.45, 2.75) is 64.1 Å². The van der Waals surface area contributed by atoms with E-state index >= 15 is 0 Å². The molecule has 0 unspecified atom stereocenters. The number of halogens is 2. The highest BCUT2D eigenvalue weighted by Crippen LogP contribution is 2.20. The molecular formula is C25H30F2N2O3. The number of nitrogens with one attached hydrogen (secondary N) is 1. The highest BCUT2D eigenvalue weighted by Gasteiger charge is 2.30. The minimum atomic E-state index is -0.710. The van der Waals surface area contributed by atoms with E-state index < -0.39 is 24.4 Å². The van der Waals surface area contributed by atoms with Gasteiger partial charge in [-0.3, -0.25) is 9.59 Å². The number of nitrogens with zero attached hydrogens (tertiary/aromatic N) is 1.